The van der Waals surface area contributed by atoms with Crippen molar-refractivity contribution in [1.82, 2.24) is 0 Å². The van der Waals surface area contributed by atoms with Crippen molar-refractivity contribution < 1.29 is 0 Å². The minimum absolute atomic E-state index is 0.630. The Morgan fingerprint density at radius 3 is 2.33 bits per heavy atom. The van der Waals surface area contributed by atoms with Gasteiger partial charge >= 0.3 is 0 Å². The van der Waals surface area contributed by atoms with Crippen LogP contribution in [0.15, 0.2) is 83.0 Å². The first-order valence-electron chi connectivity index (χ1n) is 7.08. The quantitative estimate of drug-likeness (QED) is 0.548. The number of azo groups is 1. The van der Waals surface area contributed by atoms with E-state index in [4.69, 9.17) is 0 Å². The van der Waals surface area contributed by atoms with Crippen molar-refractivity contribution in [1.29, 1.82) is 0 Å². The maximum absolute atomic E-state index is 4.36. The van der Waals surface area contributed by atoms with E-state index >= 15 is 0 Å². The zero-order valence-corrected chi connectivity index (χ0v) is 11.5. The second-order valence-electron chi connectivity index (χ2n) is 5.12. The van der Waals surface area contributed by atoms with E-state index in [1.54, 1.807) is 0 Å². The van der Waals surface area contributed by atoms with E-state index in [-0.39, 0.29) is 0 Å². The van der Waals surface area contributed by atoms with Gasteiger partial charge in [0.25, 0.3) is 0 Å². The number of rotatable bonds is 1. The normalized spacial score (nSPS) is 12.4. The molecule has 0 saturated heterocycles. The fraction of sp³-hybridized carbons (Fsp3) is 0.0526. The summed E-state index contributed by atoms with van der Waals surface area (Å²) >= 11 is 0. The lowest BCUT2D eigenvalue weighted by Crippen LogP contribution is -1.91. The second kappa shape index (κ2) is 4.98. The molecule has 0 spiro atoms. The molecule has 0 radical (unpaired) electrons. The van der Waals surface area contributed by atoms with Crippen molar-refractivity contribution in [3.63, 3.8) is 0 Å². The predicted molar refractivity (Wildman–Crippen MR) is 85.5 cm³/mol. The first-order valence-corrected chi connectivity index (χ1v) is 7.08. The highest BCUT2D eigenvalue weighted by Crippen LogP contribution is 2.41. The van der Waals surface area contributed by atoms with E-state index in [2.05, 4.69) is 64.8 Å². The highest BCUT2D eigenvalue weighted by molar-refractivity contribution is 5.90. The van der Waals surface area contributed by atoms with Gasteiger partial charge in [-0.25, -0.2) is 0 Å². The Bertz CT molecular complexity index is 820. The van der Waals surface area contributed by atoms with Gasteiger partial charge in [0.15, 0.2) is 0 Å². The highest BCUT2D eigenvalue weighted by atomic mass is 15.1. The van der Waals surface area contributed by atoms with Gasteiger partial charge < -0.3 is 0 Å². The first kappa shape index (κ1) is 12.0. The summed E-state index contributed by atoms with van der Waals surface area (Å²) in [7, 11) is 0. The van der Waals surface area contributed by atoms with Gasteiger partial charge in [-0.1, -0.05) is 66.7 Å². The van der Waals surface area contributed by atoms with E-state index in [1.807, 2.05) is 18.2 Å². The highest BCUT2D eigenvalue weighted by Gasteiger charge is 2.16. The first-order chi connectivity index (χ1) is 10.4. The van der Waals surface area contributed by atoms with Gasteiger partial charge in [-0.15, -0.1) is 0 Å². The Labute approximate surface area is 123 Å². The molecule has 2 nitrogen and oxygen atoms in total. The van der Waals surface area contributed by atoms with Crippen LogP contribution in [0.3, 0.4) is 0 Å². The molecule has 0 bridgehead atoms. The van der Waals surface area contributed by atoms with Crippen LogP contribution in [0.4, 0.5) is 5.69 Å². The molecule has 1 aliphatic rings. The summed E-state index contributed by atoms with van der Waals surface area (Å²) in [6.45, 7) is 0.630. The molecule has 0 aliphatic carbocycles. The maximum atomic E-state index is 4.36. The molecule has 100 valence electrons. The summed E-state index contributed by atoms with van der Waals surface area (Å²) in [5.74, 6) is 0. The maximum Gasteiger partial charge on any atom is 0.0931 e. The van der Waals surface area contributed by atoms with Crippen LogP contribution >= 0.6 is 0 Å². The van der Waals surface area contributed by atoms with Crippen LogP contribution in [-0.4, -0.2) is 0 Å². The van der Waals surface area contributed by atoms with Crippen molar-refractivity contribution >= 4 is 5.69 Å². The van der Waals surface area contributed by atoms with Crippen molar-refractivity contribution in [2.24, 2.45) is 10.2 Å². The van der Waals surface area contributed by atoms with Gasteiger partial charge in [-0.05, 0) is 28.3 Å². The van der Waals surface area contributed by atoms with Crippen molar-refractivity contribution in [2.75, 3.05) is 0 Å². The number of fused-ring (bicyclic) bond motifs is 3. The smallest absolute Gasteiger partial charge is 0.0931 e. The monoisotopic (exact) mass is 270 g/mol. The summed E-state index contributed by atoms with van der Waals surface area (Å²) in [5, 5.41) is 8.67. The zero-order valence-electron chi connectivity index (χ0n) is 11.5. The molecular formula is C19H14N2. The van der Waals surface area contributed by atoms with Crippen molar-refractivity contribution in [3.05, 3.63) is 78.4 Å². The van der Waals surface area contributed by atoms with Gasteiger partial charge in [-0.3, -0.25) is 0 Å². The molecule has 0 aromatic heterocycles. The lowest BCUT2D eigenvalue weighted by molar-refractivity contribution is 0.973. The molecule has 4 rings (SSSR count). The number of benzene rings is 3. The number of hydrogen-bond donors (Lipinski definition) is 0. The van der Waals surface area contributed by atoms with Crippen LogP contribution in [0.25, 0.3) is 22.3 Å². The van der Waals surface area contributed by atoms with Crippen LogP contribution in [-0.2, 0) is 6.54 Å². The Balaban J connectivity index is 2.04. The summed E-state index contributed by atoms with van der Waals surface area (Å²) in [5.41, 5.74) is 7.06. The molecule has 3 aromatic carbocycles. The van der Waals surface area contributed by atoms with Crippen LogP contribution in [0, 0.1) is 0 Å². The lowest BCUT2D eigenvalue weighted by atomic mass is 9.90. The van der Waals surface area contributed by atoms with E-state index in [1.165, 1.54) is 22.3 Å². The standard InChI is InChI=1S/C19H14N2/c1-2-7-14(8-3-1)16-11-6-9-15-13-20-21-18-12-5-4-10-17(18)19(15)16/h1-12H,13H2. The van der Waals surface area contributed by atoms with Crippen molar-refractivity contribution in [2.45, 2.75) is 6.54 Å². The van der Waals surface area contributed by atoms with Crippen LogP contribution in [0.5, 0.6) is 0 Å². The second-order valence-corrected chi connectivity index (χ2v) is 5.12. The summed E-state index contributed by atoms with van der Waals surface area (Å²) in [6, 6.07) is 25.1. The predicted octanol–water partition coefficient (Wildman–Crippen LogP) is 5.62. The Morgan fingerprint density at radius 1 is 0.667 bits per heavy atom. The molecule has 2 heteroatoms. The third kappa shape index (κ3) is 2.05. The number of nitrogens with zero attached hydrogens (tertiary/aromatic N) is 2. The van der Waals surface area contributed by atoms with Crippen LogP contribution in [0.1, 0.15) is 5.56 Å². The summed E-state index contributed by atoms with van der Waals surface area (Å²) in [4.78, 5) is 0. The molecule has 1 heterocycles. The molecule has 3 aromatic rings. The van der Waals surface area contributed by atoms with Crippen LogP contribution in [0.2, 0.25) is 0 Å². The Morgan fingerprint density at radius 2 is 1.43 bits per heavy atom. The summed E-state index contributed by atoms with van der Waals surface area (Å²) in [6.07, 6.45) is 0. The molecule has 1 aliphatic heterocycles. The van der Waals surface area contributed by atoms with Crippen LogP contribution < -0.4 is 0 Å². The Kier molecular flexibility index (Phi) is 2.86. The topological polar surface area (TPSA) is 24.7 Å². The number of hydrogen-bond acceptors (Lipinski definition) is 2. The Hall–Kier alpha value is -2.74. The third-order valence-electron chi connectivity index (χ3n) is 3.83. The van der Waals surface area contributed by atoms with Gasteiger partial charge in [0.2, 0.25) is 0 Å². The zero-order chi connectivity index (χ0) is 14.1. The SMILES string of the molecule is c1ccc(-c2cccc3c2-c2ccccc2N=NC3)cc1. The molecular weight excluding hydrogens is 256 g/mol. The minimum Gasteiger partial charge on any atom is -0.184 e. The van der Waals surface area contributed by atoms with Gasteiger partial charge in [0.1, 0.15) is 0 Å². The molecule has 0 amide bonds. The third-order valence-corrected chi connectivity index (χ3v) is 3.83. The van der Waals surface area contributed by atoms with Crippen molar-refractivity contribution in [3.8, 4) is 22.3 Å². The molecule has 21 heavy (non-hydrogen) atoms. The van der Waals surface area contributed by atoms with Gasteiger partial charge in [0.05, 0.1) is 12.2 Å². The average Bonchev–Trinajstić information content (AvgIpc) is 2.75. The van der Waals surface area contributed by atoms with E-state index in [9.17, 15) is 0 Å². The summed E-state index contributed by atoms with van der Waals surface area (Å²) < 4.78 is 0. The molecule has 0 atom stereocenters. The average molecular weight is 270 g/mol. The van der Waals surface area contributed by atoms with Gasteiger partial charge in [0, 0.05) is 5.56 Å². The van der Waals surface area contributed by atoms with Gasteiger partial charge in [-0.2, -0.15) is 10.2 Å². The lowest BCUT2D eigenvalue weighted by Gasteiger charge is -2.14. The van der Waals surface area contributed by atoms with E-state index < -0.39 is 0 Å². The van der Waals surface area contributed by atoms with E-state index in [0.29, 0.717) is 6.54 Å². The fourth-order valence-electron chi connectivity index (χ4n) is 2.87. The molecule has 0 N–H and O–H groups in total. The molecule has 0 fully saturated rings. The molecule has 0 saturated carbocycles. The minimum atomic E-state index is 0.630. The molecule has 0 unspecified atom stereocenters. The fourth-order valence-corrected chi connectivity index (χ4v) is 2.87. The largest absolute Gasteiger partial charge is 0.184 e. The van der Waals surface area contributed by atoms with E-state index in [0.717, 1.165) is 11.3 Å².